The molecule has 1 heterocycles. The molecule has 28 heavy (non-hydrogen) atoms. The molecule has 6 nitrogen and oxygen atoms in total. The van der Waals surface area contributed by atoms with E-state index in [0.29, 0.717) is 18.7 Å². The van der Waals surface area contributed by atoms with Gasteiger partial charge in [-0.2, -0.15) is 4.31 Å². The van der Waals surface area contributed by atoms with Crippen molar-refractivity contribution in [3.8, 4) is 0 Å². The molecule has 0 radical (unpaired) electrons. The lowest BCUT2D eigenvalue weighted by Gasteiger charge is -2.30. The van der Waals surface area contributed by atoms with Crippen LogP contribution in [0, 0.1) is 13.8 Å². The fourth-order valence-corrected chi connectivity index (χ4v) is 4.99. The topological polar surface area (TPSA) is 69.7 Å². The number of carbonyl (C=O) groups is 1. The Morgan fingerprint density at radius 2 is 1.79 bits per heavy atom. The summed E-state index contributed by atoms with van der Waals surface area (Å²) < 4.78 is 28.1. The maximum absolute atomic E-state index is 13.4. The monoisotopic (exact) mass is 401 g/mol. The maximum Gasteiger partial charge on any atom is 0.244 e. The lowest BCUT2D eigenvalue weighted by Crippen LogP contribution is -2.50. The van der Waals surface area contributed by atoms with Crippen molar-refractivity contribution in [2.75, 3.05) is 32.7 Å². The molecule has 2 aromatic rings. The van der Waals surface area contributed by atoms with Crippen molar-refractivity contribution in [3.63, 3.8) is 0 Å². The molecule has 0 saturated carbocycles. The van der Waals surface area contributed by atoms with E-state index in [1.807, 2.05) is 37.3 Å². The number of amides is 1. The third kappa shape index (κ3) is 4.79. The second kappa shape index (κ2) is 8.86. The minimum absolute atomic E-state index is 0.161. The average Bonchev–Trinajstić information content (AvgIpc) is 2.68. The first-order chi connectivity index (χ1) is 13.4. The molecule has 1 aliphatic heterocycles. The molecule has 150 valence electrons. The number of nitrogens with one attached hydrogen (secondary N) is 1. The molecule has 7 heteroatoms. The van der Waals surface area contributed by atoms with Crippen LogP contribution in [0.1, 0.15) is 16.7 Å². The van der Waals surface area contributed by atoms with Crippen molar-refractivity contribution >= 4 is 15.9 Å². The minimum Gasteiger partial charge on any atom is -0.339 e. The van der Waals surface area contributed by atoms with E-state index in [4.69, 9.17) is 0 Å². The van der Waals surface area contributed by atoms with E-state index in [-0.39, 0.29) is 23.9 Å². The molecule has 0 bridgehead atoms. The van der Waals surface area contributed by atoms with Crippen molar-refractivity contribution in [3.05, 3.63) is 65.2 Å². The van der Waals surface area contributed by atoms with Gasteiger partial charge in [0.1, 0.15) is 0 Å². The van der Waals surface area contributed by atoms with Gasteiger partial charge in [-0.1, -0.05) is 48.0 Å². The van der Waals surface area contributed by atoms with Gasteiger partial charge in [0.05, 0.1) is 11.4 Å². The minimum atomic E-state index is -3.81. The molecule has 2 aromatic carbocycles. The summed E-state index contributed by atoms with van der Waals surface area (Å²) in [4.78, 5) is 14.8. The smallest absolute Gasteiger partial charge is 0.244 e. The van der Waals surface area contributed by atoms with E-state index in [1.54, 1.807) is 30.0 Å². The van der Waals surface area contributed by atoms with Gasteiger partial charge in [0.15, 0.2) is 0 Å². The highest BCUT2D eigenvalue weighted by atomic mass is 32.2. The summed E-state index contributed by atoms with van der Waals surface area (Å²) in [5.74, 6) is -0.161. The summed E-state index contributed by atoms with van der Waals surface area (Å²) in [6.07, 6.45) is 0. The van der Waals surface area contributed by atoms with Gasteiger partial charge in [0, 0.05) is 32.7 Å². The zero-order valence-corrected chi connectivity index (χ0v) is 17.2. The normalized spacial score (nSPS) is 15.0. The number of piperazine rings is 1. The van der Waals surface area contributed by atoms with Crippen LogP contribution in [0.5, 0.6) is 0 Å². The van der Waals surface area contributed by atoms with E-state index in [0.717, 1.165) is 24.2 Å². The van der Waals surface area contributed by atoms with Gasteiger partial charge in [-0.3, -0.25) is 4.79 Å². The van der Waals surface area contributed by atoms with Gasteiger partial charge in [0.25, 0.3) is 0 Å². The van der Waals surface area contributed by atoms with Gasteiger partial charge >= 0.3 is 0 Å². The molecule has 1 saturated heterocycles. The maximum atomic E-state index is 13.4. The van der Waals surface area contributed by atoms with Gasteiger partial charge in [-0.15, -0.1) is 0 Å². The highest BCUT2D eigenvalue weighted by Crippen LogP contribution is 2.22. The molecule has 1 amide bonds. The Morgan fingerprint density at radius 3 is 2.46 bits per heavy atom. The Morgan fingerprint density at radius 1 is 1.07 bits per heavy atom. The standard InChI is InChI=1S/C21H27N3O3S/c1-17-6-5-8-19(14-17)15-24(16-21(25)23-12-10-22-11-13-23)28(26,27)20-9-4-3-7-18(20)2/h3-9,14,22H,10-13,15-16H2,1-2H3. The van der Waals surface area contributed by atoms with E-state index >= 15 is 0 Å². The Bertz CT molecular complexity index is 937. The molecule has 1 N–H and O–H groups in total. The van der Waals surface area contributed by atoms with E-state index in [2.05, 4.69) is 5.32 Å². The van der Waals surface area contributed by atoms with Crippen molar-refractivity contribution in [1.82, 2.24) is 14.5 Å². The number of carbonyl (C=O) groups excluding carboxylic acids is 1. The second-order valence-corrected chi connectivity index (χ2v) is 9.06. The van der Waals surface area contributed by atoms with E-state index in [9.17, 15) is 13.2 Å². The third-order valence-electron chi connectivity index (χ3n) is 4.93. The summed E-state index contributed by atoms with van der Waals surface area (Å²) in [7, 11) is -3.81. The van der Waals surface area contributed by atoms with E-state index in [1.165, 1.54) is 4.31 Å². The van der Waals surface area contributed by atoms with Crippen LogP contribution in [0.4, 0.5) is 0 Å². The van der Waals surface area contributed by atoms with Gasteiger partial charge in [0.2, 0.25) is 15.9 Å². The van der Waals surface area contributed by atoms with Gasteiger partial charge < -0.3 is 10.2 Å². The lowest BCUT2D eigenvalue weighted by molar-refractivity contribution is -0.132. The van der Waals surface area contributed by atoms with Gasteiger partial charge in [-0.25, -0.2) is 8.42 Å². The lowest BCUT2D eigenvalue weighted by atomic mass is 10.1. The van der Waals surface area contributed by atoms with Crippen LogP contribution in [0.15, 0.2) is 53.4 Å². The summed E-state index contributed by atoms with van der Waals surface area (Å²) in [6.45, 7) is 6.40. The highest BCUT2D eigenvalue weighted by molar-refractivity contribution is 7.89. The Labute approximate surface area is 167 Å². The summed E-state index contributed by atoms with van der Waals surface area (Å²) in [5.41, 5.74) is 2.59. The molecule has 0 aliphatic carbocycles. The third-order valence-corrected chi connectivity index (χ3v) is 6.89. The molecule has 0 unspecified atom stereocenters. The number of aryl methyl sites for hydroxylation is 2. The first-order valence-corrected chi connectivity index (χ1v) is 10.9. The predicted octanol–water partition coefficient (Wildman–Crippen LogP) is 1.93. The molecule has 0 atom stereocenters. The number of rotatable bonds is 6. The van der Waals surface area contributed by atoms with E-state index < -0.39 is 10.0 Å². The fourth-order valence-electron chi connectivity index (χ4n) is 3.39. The van der Waals surface area contributed by atoms with Crippen LogP contribution in [-0.2, 0) is 21.4 Å². The van der Waals surface area contributed by atoms with Crippen LogP contribution < -0.4 is 5.32 Å². The SMILES string of the molecule is Cc1cccc(CN(CC(=O)N2CCNCC2)S(=O)(=O)c2ccccc2C)c1. The summed E-state index contributed by atoms with van der Waals surface area (Å²) in [6, 6.07) is 14.6. The zero-order valence-electron chi connectivity index (χ0n) is 16.4. The van der Waals surface area contributed by atoms with Crippen LogP contribution in [-0.4, -0.2) is 56.3 Å². The fraction of sp³-hybridized carbons (Fsp3) is 0.381. The molecular formula is C21H27N3O3S. The van der Waals surface area contributed by atoms with Gasteiger partial charge in [-0.05, 0) is 31.0 Å². The average molecular weight is 402 g/mol. The first kappa shape index (κ1) is 20.5. The number of hydrogen-bond acceptors (Lipinski definition) is 4. The zero-order chi connectivity index (χ0) is 20.1. The number of nitrogens with zero attached hydrogens (tertiary/aromatic N) is 2. The van der Waals surface area contributed by atoms with Crippen LogP contribution >= 0.6 is 0 Å². The van der Waals surface area contributed by atoms with Crippen LogP contribution in [0.25, 0.3) is 0 Å². The van der Waals surface area contributed by atoms with Crippen molar-refractivity contribution < 1.29 is 13.2 Å². The van der Waals surface area contributed by atoms with Crippen molar-refractivity contribution in [2.45, 2.75) is 25.3 Å². The molecule has 1 fully saturated rings. The highest BCUT2D eigenvalue weighted by Gasteiger charge is 2.30. The first-order valence-electron chi connectivity index (χ1n) is 9.48. The number of hydrogen-bond donors (Lipinski definition) is 1. The van der Waals surface area contributed by atoms with Crippen molar-refractivity contribution in [2.24, 2.45) is 0 Å². The quantitative estimate of drug-likeness (QED) is 0.803. The molecule has 0 spiro atoms. The van der Waals surface area contributed by atoms with Crippen LogP contribution in [0.2, 0.25) is 0 Å². The molecule has 3 rings (SSSR count). The summed E-state index contributed by atoms with van der Waals surface area (Å²) >= 11 is 0. The summed E-state index contributed by atoms with van der Waals surface area (Å²) in [5, 5.41) is 3.21. The Kier molecular flexibility index (Phi) is 6.49. The number of sulfonamides is 1. The van der Waals surface area contributed by atoms with Crippen molar-refractivity contribution in [1.29, 1.82) is 0 Å². The molecule has 1 aliphatic rings. The molecular weight excluding hydrogens is 374 g/mol. The van der Waals surface area contributed by atoms with Crippen LogP contribution in [0.3, 0.4) is 0 Å². The predicted molar refractivity (Wildman–Crippen MR) is 109 cm³/mol. The largest absolute Gasteiger partial charge is 0.339 e. The second-order valence-electron chi connectivity index (χ2n) is 7.16. The Hall–Kier alpha value is -2.22. The Balaban J connectivity index is 1.91. The number of benzene rings is 2. The molecule has 0 aromatic heterocycles.